The van der Waals surface area contributed by atoms with Crippen LogP contribution >= 0.6 is 0 Å². The van der Waals surface area contributed by atoms with E-state index in [1.807, 2.05) is 31.2 Å². The summed E-state index contributed by atoms with van der Waals surface area (Å²) in [6.07, 6.45) is 0.806. The van der Waals surface area contributed by atoms with E-state index in [1.165, 1.54) is 5.56 Å². The van der Waals surface area contributed by atoms with Crippen LogP contribution in [0.3, 0.4) is 0 Å². The number of rotatable bonds is 5. The topological polar surface area (TPSA) is 69.0 Å². The molecule has 1 aromatic heterocycles. The van der Waals surface area contributed by atoms with Crippen molar-refractivity contribution in [3.8, 4) is 5.75 Å². The fourth-order valence-corrected chi connectivity index (χ4v) is 3.64. The molecule has 3 aromatic rings. The number of hydrogen-bond acceptors (Lipinski definition) is 5. The molecule has 0 saturated carbocycles. The lowest BCUT2D eigenvalue weighted by molar-refractivity contribution is -0.135. The second-order valence-corrected chi connectivity index (χ2v) is 7.06. The van der Waals surface area contributed by atoms with Crippen LogP contribution in [-0.4, -0.2) is 36.5 Å². The molecular weight excluding hydrogens is 370 g/mol. The van der Waals surface area contributed by atoms with Gasteiger partial charge in [-0.15, -0.1) is 0 Å². The normalized spacial score (nSPS) is 13.2. The van der Waals surface area contributed by atoms with Crippen LogP contribution in [0.4, 0.5) is 0 Å². The molecule has 1 aliphatic heterocycles. The largest absolute Gasteiger partial charge is 0.494 e. The van der Waals surface area contributed by atoms with Gasteiger partial charge in [0.25, 0.3) is 5.91 Å². The molecule has 0 atom stereocenters. The fraction of sp³-hybridized carbons (Fsp3) is 0.304. The molecule has 0 saturated heterocycles. The molecular formula is C23H23NO5. The van der Waals surface area contributed by atoms with Gasteiger partial charge in [-0.1, -0.05) is 24.3 Å². The van der Waals surface area contributed by atoms with E-state index in [9.17, 15) is 9.59 Å². The van der Waals surface area contributed by atoms with Crippen LogP contribution in [0.1, 0.15) is 34.2 Å². The highest BCUT2D eigenvalue weighted by Gasteiger charge is 2.24. The van der Waals surface area contributed by atoms with Crippen molar-refractivity contribution in [2.24, 2.45) is 0 Å². The average molecular weight is 393 g/mol. The van der Waals surface area contributed by atoms with Crippen LogP contribution in [-0.2, 0) is 22.5 Å². The number of ether oxygens (including phenoxy) is 2. The monoisotopic (exact) mass is 393 g/mol. The third-order valence-electron chi connectivity index (χ3n) is 5.21. The zero-order chi connectivity index (χ0) is 20.4. The Labute approximate surface area is 169 Å². The maximum atomic E-state index is 12.5. The minimum absolute atomic E-state index is 0.116. The summed E-state index contributed by atoms with van der Waals surface area (Å²) in [6, 6.07) is 13.5. The summed E-state index contributed by atoms with van der Waals surface area (Å²) >= 11 is 0. The molecule has 0 radical (unpaired) electrons. The first-order valence-electron chi connectivity index (χ1n) is 9.74. The quantitative estimate of drug-likeness (QED) is 0.616. The van der Waals surface area contributed by atoms with Crippen LogP contribution in [0.5, 0.6) is 5.75 Å². The van der Waals surface area contributed by atoms with E-state index in [0.717, 1.165) is 17.4 Å². The van der Waals surface area contributed by atoms with Crippen molar-refractivity contribution in [2.75, 3.05) is 19.8 Å². The smallest absolute Gasteiger partial charge is 0.375 e. The second kappa shape index (κ2) is 7.99. The molecule has 0 fully saturated rings. The minimum Gasteiger partial charge on any atom is -0.494 e. The van der Waals surface area contributed by atoms with Gasteiger partial charge in [0.05, 0.1) is 6.61 Å². The van der Waals surface area contributed by atoms with Crippen LogP contribution < -0.4 is 4.74 Å². The molecule has 2 heterocycles. The highest BCUT2D eigenvalue weighted by molar-refractivity contribution is 5.97. The highest BCUT2D eigenvalue weighted by Crippen LogP contribution is 2.29. The number of aryl methyl sites for hydroxylation is 1. The maximum Gasteiger partial charge on any atom is 0.375 e. The van der Waals surface area contributed by atoms with Gasteiger partial charge in [-0.2, -0.15) is 0 Å². The molecule has 1 amide bonds. The van der Waals surface area contributed by atoms with Gasteiger partial charge in [0.15, 0.2) is 6.61 Å². The van der Waals surface area contributed by atoms with E-state index in [2.05, 4.69) is 6.07 Å². The predicted octanol–water partition coefficient (Wildman–Crippen LogP) is 3.88. The molecule has 0 aliphatic carbocycles. The summed E-state index contributed by atoms with van der Waals surface area (Å²) in [6.45, 7) is 5.12. The van der Waals surface area contributed by atoms with Crippen molar-refractivity contribution >= 4 is 22.8 Å². The molecule has 0 unspecified atom stereocenters. The Balaban J connectivity index is 1.42. The van der Waals surface area contributed by atoms with E-state index in [1.54, 1.807) is 24.0 Å². The minimum atomic E-state index is -0.637. The lowest BCUT2D eigenvalue weighted by atomic mass is 10.00. The number of carbonyl (C=O) groups excluding carboxylic acids is 2. The summed E-state index contributed by atoms with van der Waals surface area (Å²) in [5.41, 5.74) is 3.65. The SMILES string of the molecule is CCOc1ccc2oc(C(=O)OCC(=O)N3CCc4ccccc4C3)c(C)c2c1. The van der Waals surface area contributed by atoms with E-state index in [4.69, 9.17) is 13.9 Å². The maximum absolute atomic E-state index is 12.5. The van der Waals surface area contributed by atoms with Crippen molar-refractivity contribution in [1.29, 1.82) is 0 Å². The van der Waals surface area contributed by atoms with Crippen molar-refractivity contribution in [2.45, 2.75) is 26.8 Å². The number of esters is 1. The molecule has 6 heteroatoms. The molecule has 2 aromatic carbocycles. The first-order valence-corrected chi connectivity index (χ1v) is 9.74. The van der Waals surface area contributed by atoms with E-state index >= 15 is 0 Å². The molecule has 6 nitrogen and oxygen atoms in total. The zero-order valence-corrected chi connectivity index (χ0v) is 16.6. The third kappa shape index (κ3) is 3.83. The molecule has 1 aliphatic rings. The average Bonchev–Trinajstić information content (AvgIpc) is 3.08. The molecule has 0 bridgehead atoms. The van der Waals surface area contributed by atoms with Crippen LogP contribution in [0.15, 0.2) is 46.9 Å². The first-order chi connectivity index (χ1) is 14.1. The number of carbonyl (C=O) groups is 2. The van der Waals surface area contributed by atoms with Crippen molar-refractivity contribution in [1.82, 2.24) is 4.90 Å². The van der Waals surface area contributed by atoms with Gasteiger partial charge in [-0.05, 0) is 49.6 Å². The van der Waals surface area contributed by atoms with Crippen molar-refractivity contribution < 1.29 is 23.5 Å². The summed E-state index contributed by atoms with van der Waals surface area (Å²) in [4.78, 5) is 26.8. The number of hydrogen-bond donors (Lipinski definition) is 0. The van der Waals surface area contributed by atoms with Gasteiger partial charge >= 0.3 is 5.97 Å². The summed E-state index contributed by atoms with van der Waals surface area (Å²) in [5, 5.41) is 0.793. The fourth-order valence-electron chi connectivity index (χ4n) is 3.64. The predicted molar refractivity (Wildman–Crippen MR) is 108 cm³/mol. The van der Waals surface area contributed by atoms with Crippen LogP contribution in [0.2, 0.25) is 0 Å². The van der Waals surface area contributed by atoms with Gasteiger partial charge in [0, 0.05) is 24.0 Å². The number of amides is 1. The van der Waals surface area contributed by atoms with E-state index in [-0.39, 0.29) is 18.3 Å². The Morgan fingerprint density at radius 1 is 1.14 bits per heavy atom. The first kappa shape index (κ1) is 19.1. The number of furan rings is 1. The Bertz CT molecular complexity index is 1070. The van der Waals surface area contributed by atoms with E-state index < -0.39 is 5.97 Å². The van der Waals surface area contributed by atoms with Crippen molar-refractivity contribution in [3.05, 3.63) is 64.9 Å². The second-order valence-electron chi connectivity index (χ2n) is 7.06. The molecule has 0 N–H and O–H groups in total. The standard InChI is InChI=1S/C23H23NO5/c1-3-27-18-8-9-20-19(12-18)15(2)22(29-20)23(26)28-14-21(25)24-11-10-16-6-4-5-7-17(16)13-24/h4-9,12H,3,10-11,13-14H2,1-2H3. The Morgan fingerprint density at radius 3 is 2.72 bits per heavy atom. The van der Waals surface area contributed by atoms with Gasteiger partial charge in [0.1, 0.15) is 11.3 Å². The summed E-state index contributed by atoms with van der Waals surface area (Å²) in [5.74, 6) is -0.0162. The van der Waals surface area contributed by atoms with Crippen LogP contribution in [0.25, 0.3) is 11.0 Å². The van der Waals surface area contributed by atoms with Crippen LogP contribution in [0, 0.1) is 6.92 Å². The molecule has 0 spiro atoms. The van der Waals surface area contributed by atoms with Gasteiger partial charge < -0.3 is 18.8 Å². The number of nitrogens with zero attached hydrogens (tertiary/aromatic N) is 1. The molecule has 4 rings (SSSR count). The Morgan fingerprint density at radius 2 is 1.93 bits per heavy atom. The molecule has 29 heavy (non-hydrogen) atoms. The Hall–Kier alpha value is -3.28. The Kier molecular flexibility index (Phi) is 5.25. The zero-order valence-electron chi connectivity index (χ0n) is 16.6. The summed E-state index contributed by atoms with van der Waals surface area (Å²) < 4.78 is 16.4. The highest BCUT2D eigenvalue weighted by atomic mass is 16.5. The third-order valence-corrected chi connectivity index (χ3v) is 5.21. The lowest BCUT2D eigenvalue weighted by Crippen LogP contribution is -2.38. The summed E-state index contributed by atoms with van der Waals surface area (Å²) in [7, 11) is 0. The number of fused-ring (bicyclic) bond motifs is 2. The van der Waals surface area contributed by atoms with Gasteiger partial charge in [-0.3, -0.25) is 4.79 Å². The van der Waals surface area contributed by atoms with E-state index in [0.29, 0.717) is 36.6 Å². The molecule has 150 valence electrons. The number of benzene rings is 2. The van der Waals surface area contributed by atoms with Gasteiger partial charge in [-0.25, -0.2) is 4.79 Å². The van der Waals surface area contributed by atoms with Crippen molar-refractivity contribution in [3.63, 3.8) is 0 Å². The lowest BCUT2D eigenvalue weighted by Gasteiger charge is -2.28. The van der Waals surface area contributed by atoms with Gasteiger partial charge in [0.2, 0.25) is 5.76 Å².